The maximum absolute atomic E-state index is 2.53. The Labute approximate surface area is 148 Å². The molecule has 0 aromatic rings. The van der Waals surface area contributed by atoms with Gasteiger partial charge in [0.2, 0.25) is 0 Å². The average molecular weight is 323 g/mol. The van der Waals surface area contributed by atoms with Crippen LogP contribution in [0.25, 0.3) is 0 Å². The van der Waals surface area contributed by atoms with Crippen LogP contribution in [0.1, 0.15) is 94.9 Å². The van der Waals surface area contributed by atoms with E-state index in [0.29, 0.717) is 5.41 Å². The van der Waals surface area contributed by atoms with Gasteiger partial charge in [0.1, 0.15) is 0 Å². The summed E-state index contributed by atoms with van der Waals surface area (Å²) in [6.45, 7) is 25.1. The summed E-state index contributed by atoms with van der Waals surface area (Å²) in [5.41, 5.74) is 0.454. The van der Waals surface area contributed by atoms with Crippen LogP contribution in [0.15, 0.2) is 0 Å². The van der Waals surface area contributed by atoms with Gasteiger partial charge in [-0.15, -0.1) is 0 Å². The van der Waals surface area contributed by atoms with Crippen LogP contribution in [0.4, 0.5) is 0 Å². The lowest BCUT2D eigenvalue weighted by Gasteiger charge is -2.42. The molecule has 0 N–H and O–H groups in total. The highest BCUT2D eigenvalue weighted by Crippen LogP contribution is 2.45. The maximum Gasteiger partial charge on any atom is -0.0323 e. The Hall–Kier alpha value is 0. The van der Waals surface area contributed by atoms with Crippen LogP contribution >= 0.6 is 0 Å². The predicted molar refractivity (Wildman–Crippen MR) is 106 cm³/mol. The zero-order valence-electron chi connectivity index (χ0n) is 17.9. The van der Waals surface area contributed by atoms with Crippen LogP contribution in [0.3, 0.4) is 0 Å². The molecule has 0 saturated heterocycles. The van der Waals surface area contributed by atoms with Crippen molar-refractivity contribution in [2.24, 2.45) is 52.8 Å². The number of rotatable bonds is 0. The van der Waals surface area contributed by atoms with Crippen molar-refractivity contribution in [2.45, 2.75) is 94.9 Å². The molecule has 1 aliphatic rings. The molecule has 0 aromatic carbocycles. The zero-order valence-corrected chi connectivity index (χ0v) is 17.9. The lowest BCUT2D eigenvalue weighted by atomic mass is 9.63. The van der Waals surface area contributed by atoms with Crippen molar-refractivity contribution in [3.05, 3.63) is 0 Å². The number of hydrogen-bond donors (Lipinski definition) is 0. The molecule has 0 nitrogen and oxygen atoms in total. The third kappa shape index (κ3) is 5.79. The van der Waals surface area contributed by atoms with Gasteiger partial charge in [-0.25, -0.2) is 0 Å². The molecule has 1 fully saturated rings. The first-order valence-electron chi connectivity index (χ1n) is 10.5. The fourth-order valence-electron chi connectivity index (χ4n) is 5.75. The van der Waals surface area contributed by atoms with E-state index in [1.807, 2.05) is 0 Å². The van der Waals surface area contributed by atoms with E-state index in [-0.39, 0.29) is 0 Å². The topological polar surface area (TPSA) is 0 Å². The van der Waals surface area contributed by atoms with Crippen LogP contribution in [0.5, 0.6) is 0 Å². The summed E-state index contributed by atoms with van der Waals surface area (Å²) < 4.78 is 0. The zero-order chi connectivity index (χ0) is 17.9. The van der Waals surface area contributed by atoms with Gasteiger partial charge in [-0.2, -0.15) is 0 Å². The minimum atomic E-state index is 0.454. The summed E-state index contributed by atoms with van der Waals surface area (Å²) in [5.74, 6) is 6.72. The molecule has 1 rings (SSSR count). The summed E-state index contributed by atoms with van der Waals surface area (Å²) in [5, 5.41) is 0. The van der Waals surface area contributed by atoms with Gasteiger partial charge in [0.15, 0.2) is 0 Å². The van der Waals surface area contributed by atoms with Crippen molar-refractivity contribution in [2.75, 3.05) is 0 Å². The third-order valence-corrected chi connectivity index (χ3v) is 7.84. The van der Waals surface area contributed by atoms with Crippen LogP contribution in [-0.4, -0.2) is 0 Å². The van der Waals surface area contributed by atoms with Crippen LogP contribution in [0, 0.1) is 52.8 Å². The molecule has 0 bridgehead atoms. The first-order chi connectivity index (χ1) is 10.5. The van der Waals surface area contributed by atoms with Gasteiger partial charge in [0.05, 0.1) is 0 Å². The monoisotopic (exact) mass is 322 g/mol. The molecular formula is C23H46. The smallest absolute Gasteiger partial charge is 0.0323 e. The standard InChI is InChI=1S/C23H46/c1-15-11-16(2)13-18(4)19(5)20(6)21(7)22(8)23(9,10)14-17(3)12-15/h15-22H,11-14H2,1-10H3. The molecule has 23 heavy (non-hydrogen) atoms. The Morgan fingerprint density at radius 1 is 0.565 bits per heavy atom. The molecular weight excluding hydrogens is 276 g/mol. The maximum atomic E-state index is 2.53. The molecule has 0 heteroatoms. The molecule has 0 aromatic heterocycles. The van der Waals surface area contributed by atoms with E-state index in [1.165, 1.54) is 25.7 Å². The third-order valence-electron chi connectivity index (χ3n) is 7.84. The largest absolute Gasteiger partial charge is 0.0625 e. The van der Waals surface area contributed by atoms with E-state index < -0.39 is 0 Å². The van der Waals surface area contributed by atoms with Gasteiger partial charge < -0.3 is 0 Å². The van der Waals surface area contributed by atoms with Crippen molar-refractivity contribution >= 4 is 0 Å². The van der Waals surface area contributed by atoms with Gasteiger partial charge >= 0.3 is 0 Å². The molecule has 8 atom stereocenters. The second-order valence-electron chi connectivity index (χ2n) is 10.6. The summed E-state index contributed by atoms with van der Waals surface area (Å²) >= 11 is 0. The summed E-state index contributed by atoms with van der Waals surface area (Å²) in [7, 11) is 0. The highest BCUT2D eigenvalue weighted by Gasteiger charge is 2.36. The van der Waals surface area contributed by atoms with Gasteiger partial charge in [0.25, 0.3) is 0 Å². The Kier molecular flexibility index (Phi) is 7.68. The van der Waals surface area contributed by atoms with Crippen LogP contribution in [-0.2, 0) is 0 Å². The van der Waals surface area contributed by atoms with Gasteiger partial charge in [-0.05, 0) is 78.4 Å². The highest BCUT2D eigenvalue weighted by molar-refractivity contribution is 4.86. The minimum absolute atomic E-state index is 0.454. The molecule has 0 amide bonds. The lowest BCUT2D eigenvalue weighted by molar-refractivity contribution is 0.0703. The SMILES string of the molecule is CC1CC(C)CC(C)C(C)C(C)C(C)C(C)C(C)(C)CC(C)C1. The molecule has 0 heterocycles. The molecule has 1 aliphatic carbocycles. The van der Waals surface area contributed by atoms with Crippen LogP contribution in [0.2, 0.25) is 0 Å². The minimum Gasteiger partial charge on any atom is -0.0625 e. The quantitative estimate of drug-likeness (QED) is 0.429. The number of hydrogen-bond acceptors (Lipinski definition) is 0. The van der Waals surface area contributed by atoms with Gasteiger partial charge in [0, 0.05) is 0 Å². The van der Waals surface area contributed by atoms with Crippen molar-refractivity contribution in [1.82, 2.24) is 0 Å². The molecule has 1 saturated carbocycles. The fourth-order valence-corrected chi connectivity index (χ4v) is 5.75. The molecule has 8 unspecified atom stereocenters. The van der Waals surface area contributed by atoms with E-state index in [0.717, 1.165) is 47.3 Å². The van der Waals surface area contributed by atoms with E-state index in [9.17, 15) is 0 Å². The van der Waals surface area contributed by atoms with E-state index in [2.05, 4.69) is 69.2 Å². The van der Waals surface area contributed by atoms with E-state index in [4.69, 9.17) is 0 Å². The van der Waals surface area contributed by atoms with E-state index in [1.54, 1.807) is 0 Å². The Morgan fingerprint density at radius 3 is 1.61 bits per heavy atom. The average Bonchev–Trinajstić information content (AvgIpc) is 2.41. The highest BCUT2D eigenvalue weighted by atomic mass is 14.4. The molecule has 0 radical (unpaired) electrons. The Bertz CT molecular complexity index is 342. The Morgan fingerprint density at radius 2 is 1.04 bits per heavy atom. The second-order valence-corrected chi connectivity index (χ2v) is 10.6. The van der Waals surface area contributed by atoms with Crippen molar-refractivity contribution in [3.8, 4) is 0 Å². The van der Waals surface area contributed by atoms with Crippen molar-refractivity contribution in [1.29, 1.82) is 0 Å². The normalized spacial score (nSPS) is 47.2. The van der Waals surface area contributed by atoms with Gasteiger partial charge in [-0.3, -0.25) is 0 Å². The van der Waals surface area contributed by atoms with E-state index >= 15 is 0 Å². The summed E-state index contributed by atoms with van der Waals surface area (Å²) in [4.78, 5) is 0. The van der Waals surface area contributed by atoms with Crippen molar-refractivity contribution in [3.63, 3.8) is 0 Å². The molecule has 0 aliphatic heterocycles. The summed E-state index contributed by atoms with van der Waals surface area (Å²) in [6, 6.07) is 0. The first kappa shape index (κ1) is 21.0. The lowest BCUT2D eigenvalue weighted by Crippen LogP contribution is -2.35. The predicted octanol–water partition coefficient (Wildman–Crippen LogP) is 7.68. The fraction of sp³-hybridized carbons (Fsp3) is 1.00. The molecule has 138 valence electrons. The second kappa shape index (κ2) is 8.39. The van der Waals surface area contributed by atoms with Crippen LogP contribution < -0.4 is 0 Å². The van der Waals surface area contributed by atoms with Crippen molar-refractivity contribution < 1.29 is 0 Å². The first-order valence-corrected chi connectivity index (χ1v) is 10.5. The Balaban J connectivity index is 3.03. The van der Waals surface area contributed by atoms with Gasteiger partial charge in [-0.1, -0.05) is 69.2 Å². The molecule has 0 spiro atoms. The summed E-state index contributed by atoms with van der Waals surface area (Å²) in [6.07, 6.45) is 5.62.